The van der Waals surface area contributed by atoms with Crippen molar-refractivity contribution in [1.29, 1.82) is 0 Å². The maximum atomic E-state index is 12.6. The normalized spacial score (nSPS) is 16.2. The summed E-state index contributed by atoms with van der Waals surface area (Å²) < 4.78 is 5.14. The molecule has 0 saturated carbocycles. The van der Waals surface area contributed by atoms with Gasteiger partial charge in [0, 0.05) is 17.1 Å². The molecule has 1 aromatic heterocycles. The average Bonchev–Trinajstić information content (AvgIpc) is 3.31. The zero-order valence-electron chi connectivity index (χ0n) is 14.4. The molecule has 2 heterocycles. The van der Waals surface area contributed by atoms with Crippen molar-refractivity contribution < 1.29 is 9.53 Å². The van der Waals surface area contributed by atoms with Crippen molar-refractivity contribution >= 4 is 34.3 Å². The predicted octanol–water partition coefficient (Wildman–Crippen LogP) is 3.62. The number of carbonyl (C=O) groups excluding carboxylic acids is 1. The maximum absolute atomic E-state index is 12.6. The van der Waals surface area contributed by atoms with Gasteiger partial charge in [-0.1, -0.05) is 17.8 Å². The summed E-state index contributed by atoms with van der Waals surface area (Å²) in [5.41, 5.74) is 3.50. The summed E-state index contributed by atoms with van der Waals surface area (Å²) in [4.78, 5) is 14.7. The summed E-state index contributed by atoms with van der Waals surface area (Å²) in [7, 11) is 1.60. The smallest absolute Gasteiger partial charge is 0.253 e. The van der Waals surface area contributed by atoms with Crippen molar-refractivity contribution in [3.63, 3.8) is 0 Å². The minimum Gasteiger partial charge on any atom is -0.497 e. The van der Waals surface area contributed by atoms with Crippen LogP contribution in [0.4, 0.5) is 5.69 Å². The third-order valence-electron chi connectivity index (χ3n) is 4.34. The van der Waals surface area contributed by atoms with Crippen LogP contribution in [0.2, 0.25) is 0 Å². The Hall–Kier alpha value is -2.93. The number of thioether (sulfide) groups is 1. The Morgan fingerprint density at radius 1 is 1.27 bits per heavy atom. The van der Waals surface area contributed by atoms with Gasteiger partial charge in [-0.05, 0) is 48.2 Å². The van der Waals surface area contributed by atoms with E-state index in [4.69, 9.17) is 4.74 Å². The number of carbonyl (C=O) groups is 1. The highest BCUT2D eigenvalue weighted by atomic mass is 32.2. The number of benzene rings is 2. The van der Waals surface area contributed by atoms with Crippen molar-refractivity contribution in [3.8, 4) is 5.75 Å². The Morgan fingerprint density at radius 3 is 2.85 bits per heavy atom. The summed E-state index contributed by atoms with van der Waals surface area (Å²) in [6, 6.07) is 11.1. The van der Waals surface area contributed by atoms with E-state index in [0.29, 0.717) is 5.56 Å². The lowest BCUT2D eigenvalue weighted by molar-refractivity contribution is 0.0950. The molecule has 2 aromatic carbocycles. The van der Waals surface area contributed by atoms with Gasteiger partial charge in [-0.3, -0.25) is 9.89 Å². The standard InChI is InChI=1S/C19H18N4O2S/c1-12-3-8-16-15(11-20-22-16)17(12)23-9-10-26-19(23)21-18(24)13-4-6-14(25-2)7-5-13/h3-11,19H,1-2H3,(H,20,22)(H,21,24). The van der Waals surface area contributed by atoms with Crippen LogP contribution in [-0.2, 0) is 0 Å². The van der Waals surface area contributed by atoms with E-state index in [2.05, 4.69) is 33.4 Å². The van der Waals surface area contributed by atoms with Crippen LogP contribution in [0.25, 0.3) is 10.9 Å². The molecule has 2 N–H and O–H groups in total. The Balaban J connectivity index is 1.60. The van der Waals surface area contributed by atoms with E-state index < -0.39 is 0 Å². The largest absolute Gasteiger partial charge is 0.497 e. The number of H-pyrrole nitrogens is 1. The first-order valence-corrected chi connectivity index (χ1v) is 9.10. The van der Waals surface area contributed by atoms with Gasteiger partial charge in [-0.2, -0.15) is 5.10 Å². The molecule has 0 bridgehead atoms. The molecule has 0 aliphatic carbocycles. The second kappa shape index (κ2) is 6.76. The van der Waals surface area contributed by atoms with Crippen molar-refractivity contribution in [2.24, 2.45) is 0 Å². The number of aryl methyl sites for hydroxylation is 1. The summed E-state index contributed by atoms with van der Waals surface area (Å²) >= 11 is 1.55. The topological polar surface area (TPSA) is 70.2 Å². The molecular formula is C19H18N4O2S. The van der Waals surface area contributed by atoms with Crippen LogP contribution in [0.1, 0.15) is 15.9 Å². The highest BCUT2D eigenvalue weighted by Gasteiger charge is 2.26. The Bertz CT molecular complexity index is 981. The van der Waals surface area contributed by atoms with Crippen molar-refractivity contribution in [2.45, 2.75) is 12.4 Å². The summed E-state index contributed by atoms with van der Waals surface area (Å²) in [6.45, 7) is 2.06. The number of anilines is 1. The van der Waals surface area contributed by atoms with E-state index >= 15 is 0 Å². The molecule has 6 nitrogen and oxygen atoms in total. The molecule has 0 radical (unpaired) electrons. The van der Waals surface area contributed by atoms with Crippen LogP contribution in [-0.4, -0.2) is 28.7 Å². The van der Waals surface area contributed by atoms with Crippen LogP contribution in [0.3, 0.4) is 0 Å². The fourth-order valence-corrected chi connectivity index (χ4v) is 3.84. The maximum Gasteiger partial charge on any atom is 0.253 e. The predicted molar refractivity (Wildman–Crippen MR) is 104 cm³/mol. The van der Waals surface area contributed by atoms with E-state index in [1.165, 1.54) is 0 Å². The van der Waals surface area contributed by atoms with Gasteiger partial charge in [0.15, 0.2) is 5.50 Å². The second-order valence-corrected chi connectivity index (χ2v) is 6.94. The Labute approximate surface area is 155 Å². The zero-order chi connectivity index (χ0) is 18.1. The third-order valence-corrected chi connectivity index (χ3v) is 5.23. The van der Waals surface area contributed by atoms with Crippen LogP contribution in [0, 0.1) is 6.92 Å². The van der Waals surface area contributed by atoms with E-state index in [1.54, 1.807) is 43.1 Å². The lowest BCUT2D eigenvalue weighted by Crippen LogP contribution is -2.42. The van der Waals surface area contributed by atoms with Crippen LogP contribution < -0.4 is 15.0 Å². The number of nitrogens with zero attached hydrogens (tertiary/aromatic N) is 2. The first kappa shape index (κ1) is 16.5. The van der Waals surface area contributed by atoms with Gasteiger partial charge in [-0.25, -0.2) is 0 Å². The number of aromatic amines is 1. The molecule has 1 aliphatic rings. The fraction of sp³-hybridized carbons (Fsp3) is 0.158. The molecule has 7 heteroatoms. The number of nitrogens with one attached hydrogen (secondary N) is 2. The molecule has 1 atom stereocenters. The molecule has 3 aromatic rings. The van der Waals surface area contributed by atoms with E-state index in [0.717, 1.165) is 27.9 Å². The molecule has 1 aliphatic heterocycles. The molecule has 1 unspecified atom stereocenters. The van der Waals surface area contributed by atoms with Crippen LogP contribution in [0.5, 0.6) is 5.75 Å². The third kappa shape index (κ3) is 2.90. The highest BCUT2D eigenvalue weighted by molar-refractivity contribution is 8.03. The monoisotopic (exact) mass is 366 g/mol. The van der Waals surface area contributed by atoms with Gasteiger partial charge in [-0.15, -0.1) is 0 Å². The van der Waals surface area contributed by atoms with Gasteiger partial charge >= 0.3 is 0 Å². The number of aromatic nitrogens is 2. The lowest BCUT2D eigenvalue weighted by atomic mass is 10.1. The zero-order valence-corrected chi connectivity index (χ0v) is 15.2. The first-order chi connectivity index (χ1) is 12.7. The minimum atomic E-state index is -0.219. The Morgan fingerprint density at radius 2 is 2.08 bits per heavy atom. The SMILES string of the molecule is COc1ccc(C(=O)NC2SC=CN2c2c(C)ccc3[nH]ncc23)cc1. The molecule has 26 heavy (non-hydrogen) atoms. The number of hydrogen-bond donors (Lipinski definition) is 2. The van der Waals surface area contributed by atoms with Crippen molar-refractivity contribution in [3.05, 3.63) is 65.3 Å². The summed E-state index contributed by atoms with van der Waals surface area (Å²) in [5, 5.41) is 13.2. The fourth-order valence-electron chi connectivity index (χ4n) is 3.01. The molecule has 0 fully saturated rings. The molecular weight excluding hydrogens is 348 g/mol. The van der Waals surface area contributed by atoms with E-state index in [9.17, 15) is 4.79 Å². The van der Waals surface area contributed by atoms with Gasteiger partial charge in [0.2, 0.25) is 0 Å². The van der Waals surface area contributed by atoms with Gasteiger partial charge in [0.05, 0.1) is 24.5 Å². The van der Waals surface area contributed by atoms with Gasteiger partial charge in [0.1, 0.15) is 5.75 Å². The molecule has 1 amide bonds. The number of fused-ring (bicyclic) bond motifs is 1. The number of amides is 1. The molecule has 0 spiro atoms. The number of methoxy groups -OCH3 is 1. The van der Waals surface area contributed by atoms with Crippen molar-refractivity contribution in [2.75, 3.05) is 12.0 Å². The molecule has 4 rings (SSSR count). The van der Waals surface area contributed by atoms with E-state index in [1.807, 2.05) is 23.9 Å². The van der Waals surface area contributed by atoms with Crippen LogP contribution >= 0.6 is 11.8 Å². The average molecular weight is 366 g/mol. The summed E-state index contributed by atoms with van der Waals surface area (Å²) in [5.74, 6) is 0.596. The van der Waals surface area contributed by atoms with Crippen molar-refractivity contribution in [1.82, 2.24) is 15.5 Å². The van der Waals surface area contributed by atoms with Gasteiger partial charge in [0.25, 0.3) is 5.91 Å². The first-order valence-electron chi connectivity index (χ1n) is 8.15. The second-order valence-electron chi connectivity index (χ2n) is 5.95. The molecule has 132 valence electrons. The highest BCUT2D eigenvalue weighted by Crippen LogP contribution is 2.36. The number of ether oxygens (including phenoxy) is 1. The van der Waals surface area contributed by atoms with Gasteiger partial charge < -0.3 is 15.0 Å². The Kier molecular flexibility index (Phi) is 4.30. The van der Waals surface area contributed by atoms with E-state index in [-0.39, 0.29) is 11.4 Å². The van der Waals surface area contributed by atoms with Crippen LogP contribution in [0.15, 0.2) is 54.2 Å². The molecule has 0 saturated heterocycles. The quantitative estimate of drug-likeness (QED) is 0.738. The number of rotatable bonds is 4. The number of hydrogen-bond acceptors (Lipinski definition) is 5. The minimum absolute atomic E-state index is 0.129. The summed E-state index contributed by atoms with van der Waals surface area (Å²) in [6.07, 6.45) is 3.80. The lowest BCUT2D eigenvalue weighted by Gasteiger charge is -2.27.